The molecule has 4 rings (SSSR count). The Morgan fingerprint density at radius 3 is 2.67 bits per heavy atom. The molecule has 7 heteroatoms. The highest BCUT2D eigenvalue weighted by Crippen LogP contribution is 2.18. The van der Waals surface area contributed by atoms with Crippen LogP contribution < -0.4 is 10.6 Å². The van der Waals surface area contributed by atoms with E-state index in [0.717, 1.165) is 30.8 Å². The van der Waals surface area contributed by atoms with Gasteiger partial charge >= 0.3 is 0 Å². The van der Waals surface area contributed by atoms with Crippen molar-refractivity contribution in [1.29, 1.82) is 0 Å². The number of imidazole rings is 1. The molecular weight excluding hydrogens is 380 g/mol. The second kappa shape index (κ2) is 8.92. The molecule has 1 unspecified atom stereocenters. The number of nitrogens with one attached hydrogen (secondary N) is 2. The molecule has 1 aliphatic rings. The average Bonchev–Trinajstić information content (AvgIpc) is 3.42. The Bertz CT molecular complexity index is 1040. The molecule has 1 fully saturated rings. The standard InChI is InChI=1S/C23H24N4O3/c1-16-24-11-12-27(16)15-17-7-9-19(10-8-17)25-22(28)18-4-2-5-20(14-18)26-23(29)21-6-3-13-30-21/h2,4-5,7-12,14,21H,3,6,13,15H2,1H3,(H,25,28)(H,26,29). The van der Waals surface area contributed by atoms with Crippen LogP contribution in [0.15, 0.2) is 60.9 Å². The smallest absolute Gasteiger partial charge is 0.255 e. The van der Waals surface area contributed by atoms with Gasteiger partial charge in [-0.3, -0.25) is 9.59 Å². The summed E-state index contributed by atoms with van der Waals surface area (Å²) in [6, 6.07) is 14.6. The van der Waals surface area contributed by atoms with Crippen molar-refractivity contribution in [2.45, 2.75) is 32.4 Å². The summed E-state index contributed by atoms with van der Waals surface area (Å²) in [6.07, 6.45) is 4.92. The molecule has 2 amide bonds. The molecular formula is C23H24N4O3. The van der Waals surface area contributed by atoms with Crippen molar-refractivity contribution < 1.29 is 14.3 Å². The van der Waals surface area contributed by atoms with Crippen LogP contribution in [-0.2, 0) is 16.1 Å². The molecule has 1 aliphatic heterocycles. The van der Waals surface area contributed by atoms with Gasteiger partial charge < -0.3 is 19.9 Å². The number of ether oxygens (including phenoxy) is 1. The molecule has 1 atom stereocenters. The van der Waals surface area contributed by atoms with Crippen molar-refractivity contribution in [1.82, 2.24) is 9.55 Å². The Morgan fingerprint density at radius 2 is 1.97 bits per heavy atom. The lowest BCUT2D eigenvalue weighted by atomic mass is 10.1. The SMILES string of the molecule is Cc1nccn1Cc1ccc(NC(=O)c2cccc(NC(=O)C3CCCO3)c2)cc1. The third kappa shape index (κ3) is 4.75. The molecule has 2 heterocycles. The van der Waals surface area contributed by atoms with Gasteiger partial charge in [-0.2, -0.15) is 0 Å². The molecule has 154 valence electrons. The van der Waals surface area contributed by atoms with Gasteiger partial charge in [-0.05, 0) is 55.7 Å². The zero-order valence-electron chi connectivity index (χ0n) is 16.8. The Balaban J connectivity index is 1.37. The Hall–Kier alpha value is -3.45. The van der Waals surface area contributed by atoms with Gasteiger partial charge in [0.1, 0.15) is 11.9 Å². The lowest BCUT2D eigenvalue weighted by Crippen LogP contribution is -2.27. The maximum absolute atomic E-state index is 12.6. The van der Waals surface area contributed by atoms with Crippen molar-refractivity contribution in [3.05, 3.63) is 77.9 Å². The Kier molecular flexibility index (Phi) is 5.90. The summed E-state index contributed by atoms with van der Waals surface area (Å²) in [5.74, 6) is 0.550. The highest BCUT2D eigenvalue weighted by atomic mass is 16.5. The van der Waals surface area contributed by atoms with Crippen LogP contribution in [0, 0.1) is 6.92 Å². The topological polar surface area (TPSA) is 85.3 Å². The Morgan fingerprint density at radius 1 is 1.13 bits per heavy atom. The predicted molar refractivity (Wildman–Crippen MR) is 115 cm³/mol. The normalized spacial score (nSPS) is 15.7. The minimum Gasteiger partial charge on any atom is -0.368 e. The molecule has 0 radical (unpaired) electrons. The van der Waals surface area contributed by atoms with E-state index < -0.39 is 6.10 Å². The summed E-state index contributed by atoms with van der Waals surface area (Å²) in [5.41, 5.74) is 2.88. The summed E-state index contributed by atoms with van der Waals surface area (Å²) in [7, 11) is 0. The highest BCUT2D eigenvalue weighted by molar-refractivity contribution is 6.05. The molecule has 2 aromatic carbocycles. The van der Waals surface area contributed by atoms with Gasteiger partial charge in [0, 0.05) is 42.5 Å². The molecule has 0 aliphatic carbocycles. The number of carbonyl (C=O) groups is 2. The molecule has 0 spiro atoms. The van der Waals surface area contributed by atoms with Gasteiger partial charge in [-0.25, -0.2) is 4.98 Å². The van der Waals surface area contributed by atoms with Crippen molar-refractivity contribution in [3.63, 3.8) is 0 Å². The number of aromatic nitrogens is 2. The van der Waals surface area contributed by atoms with E-state index in [-0.39, 0.29) is 11.8 Å². The fourth-order valence-corrected chi connectivity index (χ4v) is 3.41. The quantitative estimate of drug-likeness (QED) is 0.657. The summed E-state index contributed by atoms with van der Waals surface area (Å²) < 4.78 is 7.46. The first-order chi connectivity index (χ1) is 14.6. The lowest BCUT2D eigenvalue weighted by molar-refractivity contribution is -0.124. The van der Waals surface area contributed by atoms with Crippen LogP contribution in [0.5, 0.6) is 0 Å². The molecule has 0 bridgehead atoms. The molecule has 1 aromatic heterocycles. The van der Waals surface area contributed by atoms with Gasteiger partial charge in [-0.15, -0.1) is 0 Å². The first-order valence-electron chi connectivity index (χ1n) is 9.99. The maximum Gasteiger partial charge on any atom is 0.255 e. The van der Waals surface area contributed by atoms with E-state index in [0.29, 0.717) is 23.5 Å². The zero-order valence-corrected chi connectivity index (χ0v) is 16.8. The minimum absolute atomic E-state index is 0.172. The number of benzene rings is 2. The number of hydrogen-bond donors (Lipinski definition) is 2. The van der Waals surface area contributed by atoms with Crippen molar-refractivity contribution in [2.24, 2.45) is 0 Å². The van der Waals surface area contributed by atoms with Gasteiger partial charge in [-0.1, -0.05) is 18.2 Å². The van der Waals surface area contributed by atoms with Gasteiger partial charge in [0.15, 0.2) is 0 Å². The molecule has 2 N–H and O–H groups in total. The third-order valence-corrected chi connectivity index (χ3v) is 5.10. The van der Waals surface area contributed by atoms with Gasteiger partial charge in [0.2, 0.25) is 0 Å². The lowest BCUT2D eigenvalue weighted by Gasteiger charge is -2.12. The van der Waals surface area contributed by atoms with E-state index in [1.165, 1.54) is 0 Å². The zero-order chi connectivity index (χ0) is 20.9. The van der Waals surface area contributed by atoms with Crippen LogP contribution in [-0.4, -0.2) is 34.1 Å². The molecule has 1 saturated heterocycles. The van der Waals surface area contributed by atoms with E-state index >= 15 is 0 Å². The van der Waals surface area contributed by atoms with Gasteiger partial charge in [0.05, 0.1) is 0 Å². The predicted octanol–water partition coefficient (Wildman–Crippen LogP) is 3.61. The number of amides is 2. The summed E-state index contributed by atoms with van der Waals surface area (Å²) in [5, 5.41) is 5.72. The van der Waals surface area contributed by atoms with E-state index in [1.54, 1.807) is 30.5 Å². The molecule has 0 saturated carbocycles. The summed E-state index contributed by atoms with van der Waals surface area (Å²) in [6.45, 7) is 3.31. The highest BCUT2D eigenvalue weighted by Gasteiger charge is 2.23. The summed E-state index contributed by atoms with van der Waals surface area (Å²) in [4.78, 5) is 29.1. The fraction of sp³-hybridized carbons (Fsp3) is 0.261. The Labute approximate surface area is 175 Å². The van der Waals surface area contributed by atoms with E-state index in [4.69, 9.17) is 4.74 Å². The van der Waals surface area contributed by atoms with Crippen LogP contribution in [0.1, 0.15) is 34.6 Å². The summed E-state index contributed by atoms with van der Waals surface area (Å²) >= 11 is 0. The fourth-order valence-electron chi connectivity index (χ4n) is 3.41. The third-order valence-electron chi connectivity index (χ3n) is 5.10. The van der Waals surface area contributed by atoms with Crippen molar-refractivity contribution >= 4 is 23.2 Å². The maximum atomic E-state index is 12.6. The number of hydrogen-bond acceptors (Lipinski definition) is 4. The second-order valence-corrected chi connectivity index (χ2v) is 7.33. The molecule has 3 aromatic rings. The number of rotatable bonds is 6. The van der Waals surface area contributed by atoms with Crippen LogP contribution in [0.4, 0.5) is 11.4 Å². The number of aryl methyl sites for hydroxylation is 1. The van der Waals surface area contributed by atoms with Crippen LogP contribution in [0.3, 0.4) is 0 Å². The van der Waals surface area contributed by atoms with Crippen LogP contribution in [0.25, 0.3) is 0 Å². The number of carbonyl (C=O) groups excluding carboxylic acids is 2. The van der Waals surface area contributed by atoms with E-state index in [9.17, 15) is 9.59 Å². The van der Waals surface area contributed by atoms with Gasteiger partial charge in [0.25, 0.3) is 11.8 Å². The van der Waals surface area contributed by atoms with Crippen LogP contribution in [0.2, 0.25) is 0 Å². The number of nitrogens with zero attached hydrogens (tertiary/aromatic N) is 2. The van der Waals surface area contributed by atoms with Crippen LogP contribution >= 0.6 is 0 Å². The van der Waals surface area contributed by atoms with E-state index in [2.05, 4.69) is 20.2 Å². The first kappa shape index (κ1) is 19.8. The second-order valence-electron chi connectivity index (χ2n) is 7.33. The number of anilines is 2. The van der Waals surface area contributed by atoms with Crippen molar-refractivity contribution in [2.75, 3.05) is 17.2 Å². The monoisotopic (exact) mass is 404 g/mol. The van der Waals surface area contributed by atoms with Crippen molar-refractivity contribution in [3.8, 4) is 0 Å². The molecule has 7 nitrogen and oxygen atoms in total. The largest absolute Gasteiger partial charge is 0.368 e. The van der Waals surface area contributed by atoms with E-state index in [1.807, 2.05) is 37.4 Å². The minimum atomic E-state index is -0.410. The molecule has 30 heavy (non-hydrogen) atoms. The average molecular weight is 404 g/mol. The first-order valence-corrected chi connectivity index (χ1v) is 9.99.